The van der Waals surface area contributed by atoms with E-state index >= 15 is 0 Å². The molecule has 3 aromatic rings. The second-order valence-corrected chi connectivity index (χ2v) is 5.40. The average Bonchev–Trinajstić information content (AvgIpc) is 3.05. The van der Waals surface area contributed by atoms with E-state index in [4.69, 9.17) is 11.6 Å². The molecule has 24 heavy (non-hydrogen) atoms. The number of phenolic OH excluding ortho intramolecular Hbond substituents is 1. The number of aromatic nitrogens is 2. The lowest BCUT2D eigenvalue weighted by Gasteiger charge is -1.97. The number of phenols is 1. The molecule has 0 aliphatic carbocycles. The molecule has 0 fully saturated rings. The Hall–Kier alpha value is -3.12. The van der Waals surface area contributed by atoms with Crippen molar-refractivity contribution in [1.82, 2.24) is 15.6 Å². The Morgan fingerprint density at radius 1 is 1.21 bits per heavy atom. The van der Waals surface area contributed by atoms with E-state index in [1.165, 1.54) is 12.3 Å². The highest BCUT2D eigenvalue weighted by atomic mass is 35.5. The lowest BCUT2D eigenvalue weighted by Crippen LogP contribution is -2.17. The second kappa shape index (κ2) is 6.97. The van der Waals surface area contributed by atoms with Crippen molar-refractivity contribution in [2.24, 2.45) is 5.10 Å². The van der Waals surface area contributed by atoms with Gasteiger partial charge in [0.25, 0.3) is 5.91 Å². The van der Waals surface area contributed by atoms with Gasteiger partial charge in [0.15, 0.2) is 0 Å². The van der Waals surface area contributed by atoms with Crippen LogP contribution in [0.5, 0.6) is 5.75 Å². The fraction of sp³-hybridized carbons (Fsp3) is 0. The highest BCUT2D eigenvalue weighted by Gasteiger charge is 2.10. The van der Waals surface area contributed by atoms with Gasteiger partial charge in [-0.1, -0.05) is 35.9 Å². The van der Waals surface area contributed by atoms with Crippen LogP contribution in [0.4, 0.5) is 0 Å². The highest BCUT2D eigenvalue weighted by molar-refractivity contribution is 6.30. The molecule has 0 bridgehead atoms. The monoisotopic (exact) mass is 340 g/mol. The van der Waals surface area contributed by atoms with E-state index in [0.717, 1.165) is 5.56 Å². The number of amides is 1. The molecule has 2 aromatic carbocycles. The van der Waals surface area contributed by atoms with Gasteiger partial charge in [0.2, 0.25) is 0 Å². The number of halogens is 1. The molecule has 3 rings (SSSR count). The number of nitrogens with one attached hydrogen (secondary N) is 2. The zero-order valence-corrected chi connectivity index (χ0v) is 13.2. The number of hydrogen-bond donors (Lipinski definition) is 3. The van der Waals surface area contributed by atoms with Crippen molar-refractivity contribution in [1.29, 1.82) is 0 Å². The SMILES string of the molecule is O=C(N/N=C\c1cccc(O)c1)c1cc(-c2ccc(Cl)cc2)n[nH]1. The molecule has 1 heterocycles. The van der Waals surface area contributed by atoms with E-state index in [1.54, 1.807) is 36.4 Å². The van der Waals surface area contributed by atoms with Gasteiger partial charge in [-0.15, -0.1) is 0 Å². The van der Waals surface area contributed by atoms with Crippen molar-refractivity contribution in [3.63, 3.8) is 0 Å². The Bertz CT molecular complexity index is 888. The van der Waals surface area contributed by atoms with E-state index in [2.05, 4.69) is 20.7 Å². The van der Waals surface area contributed by atoms with Crippen molar-refractivity contribution in [2.45, 2.75) is 0 Å². The minimum atomic E-state index is -0.417. The third-order valence-electron chi connectivity index (χ3n) is 3.21. The Morgan fingerprint density at radius 3 is 2.75 bits per heavy atom. The fourth-order valence-electron chi connectivity index (χ4n) is 2.04. The largest absolute Gasteiger partial charge is 0.508 e. The summed E-state index contributed by atoms with van der Waals surface area (Å²) in [5.41, 5.74) is 4.83. The summed E-state index contributed by atoms with van der Waals surface area (Å²) >= 11 is 5.85. The van der Waals surface area contributed by atoms with E-state index in [-0.39, 0.29) is 11.4 Å². The van der Waals surface area contributed by atoms with Crippen LogP contribution >= 0.6 is 11.6 Å². The molecule has 6 nitrogen and oxygen atoms in total. The second-order valence-electron chi connectivity index (χ2n) is 4.97. The van der Waals surface area contributed by atoms with Crippen molar-refractivity contribution < 1.29 is 9.90 Å². The number of aromatic hydroxyl groups is 1. The van der Waals surface area contributed by atoms with Crippen molar-refractivity contribution in [3.8, 4) is 17.0 Å². The van der Waals surface area contributed by atoms with E-state index in [9.17, 15) is 9.90 Å². The average molecular weight is 341 g/mol. The summed E-state index contributed by atoms with van der Waals surface area (Å²) in [6.45, 7) is 0. The highest BCUT2D eigenvalue weighted by Crippen LogP contribution is 2.20. The van der Waals surface area contributed by atoms with Crippen LogP contribution in [0.25, 0.3) is 11.3 Å². The quantitative estimate of drug-likeness (QED) is 0.503. The molecule has 0 unspecified atom stereocenters. The molecule has 1 aromatic heterocycles. The molecule has 0 aliphatic rings. The Balaban J connectivity index is 1.66. The first kappa shape index (κ1) is 15.8. The van der Waals surface area contributed by atoms with Crippen LogP contribution < -0.4 is 5.43 Å². The molecule has 120 valence electrons. The molecule has 0 spiro atoms. The molecule has 7 heteroatoms. The number of carbonyl (C=O) groups is 1. The van der Waals surface area contributed by atoms with Gasteiger partial charge in [-0.05, 0) is 35.9 Å². The number of nitrogens with zero attached hydrogens (tertiary/aromatic N) is 2. The van der Waals surface area contributed by atoms with Gasteiger partial charge in [-0.3, -0.25) is 9.89 Å². The van der Waals surface area contributed by atoms with Gasteiger partial charge in [0.1, 0.15) is 11.4 Å². The third-order valence-corrected chi connectivity index (χ3v) is 3.46. The summed E-state index contributed by atoms with van der Waals surface area (Å²) in [4.78, 5) is 12.0. The van der Waals surface area contributed by atoms with Crippen LogP contribution in [0.15, 0.2) is 59.7 Å². The number of hydrazone groups is 1. The van der Waals surface area contributed by atoms with Crippen LogP contribution in [0.2, 0.25) is 5.02 Å². The maximum atomic E-state index is 12.0. The minimum Gasteiger partial charge on any atom is -0.508 e. The Morgan fingerprint density at radius 2 is 2.00 bits per heavy atom. The van der Waals surface area contributed by atoms with Crippen LogP contribution in [0, 0.1) is 0 Å². The lowest BCUT2D eigenvalue weighted by molar-refractivity contribution is 0.0950. The van der Waals surface area contributed by atoms with Crippen LogP contribution in [-0.4, -0.2) is 27.4 Å². The standard InChI is InChI=1S/C17H13ClN4O2/c18-13-6-4-12(5-7-13)15-9-16(21-20-15)17(24)22-19-10-11-2-1-3-14(23)8-11/h1-10,23H,(H,20,21)(H,22,24)/b19-10-. The summed E-state index contributed by atoms with van der Waals surface area (Å²) in [5.74, 6) is -0.287. The molecular formula is C17H13ClN4O2. The first-order valence-corrected chi connectivity index (χ1v) is 7.43. The predicted molar refractivity (Wildman–Crippen MR) is 92.2 cm³/mol. The van der Waals surface area contributed by atoms with Crippen LogP contribution in [0.1, 0.15) is 16.1 Å². The summed E-state index contributed by atoms with van der Waals surface area (Å²) in [5, 5.41) is 20.6. The normalized spacial score (nSPS) is 10.9. The minimum absolute atomic E-state index is 0.131. The van der Waals surface area contributed by atoms with E-state index in [1.807, 2.05) is 12.1 Å². The van der Waals surface area contributed by atoms with Gasteiger partial charge >= 0.3 is 0 Å². The van der Waals surface area contributed by atoms with Crippen LogP contribution in [0.3, 0.4) is 0 Å². The van der Waals surface area contributed by atoms with Crippen molar-refractivity contribution >= 4 is 23.7 Å². The number of carbonyl (C=O) groups excluding carboxylic acids is 1. The zero-order chi connectivity index (χ0) is 16.9. The zero-order valence-electron chi connectivity index (χ0n) is 12.4. The van der Waals surface area contributed by atoms with Gasteiger partial charge < -0.3 is 5.11 Å². The number of aromatic amines is 1. The Labute approximate surface area is 142 Å². The molecule has 0 atom stereocenters. The molecule has 0 saturated carbocycles. The smallest absolute Gasteiger partial charge is 0.289 e. The number of rotatable bonds is 4. The molecule has 0 radical (unpaired) electrons. The van der Waals surface area contributed by atoms with Crippen molar-refractivity contribution in [2.75, 3.05) is 0 Å². The molecule has 0 aliphatic heterocycles. The van der Waals surface area contributed by atoms with Crippen molar-refractivity contribution in [3.05, 3.63) is 70.9 Å². The molecular weight excluding hydrogens is 328 g/mol. The Kier molecular flexibility index (Phi) is 4.58. The summed E-state index contributed by atoms with van der Waals surface area (Å²) in [6, 6.07) is 15.3. The van der Waals surface area contributed by atoms with Crippen LogP contribution in [-0.2, 0) is 0 Å². The summed E-state index contributed by atoms with van der Waals surface area (Å²) in [6.07, 6.45) is 1.44. The van der Waals surface area contributed by atoms with Gasteiger partial charge in [0, 0.05) is 10.6 Å². The maximum absolute atomic E-state index is 12.0. The van der Waals surface area contributed by atoms with Gasteiger partial charge in [-0.2, -0.15) is 10.2 Å². The maximum Gasteiger partial charge on any atom is 0.289 e. The lowest BCUT2D eigenvalue weighted by atomic mass is 10.1. The topological polar surface area (TPSA) is 90.4 Å². The first-order chi connectivity index (χ1) is 11.6. The predicted octanol–water partition coefficient (Wildman–Crippen LogP) is 3.20. The molecule has 0 saturated heterocycles. The summed E-state index contributed by atoms with van der Waals surface area (Å²) < 4.78 is 0. The third kappa shape index (κ3) is 3.80. The molecule has 3 N–H and O–H groups in total. The van der Waals surface area contributed by atoms with Gasteiger partial charge in [0.05, 0.1) is 11.9 Å². The van der Waals surface area contributed by atoms with Gasteiger partial charge in [-0.25, -0.2) is 5.43 Å². The fourth-order valence-corrected chi connectivity index (χ4v) is 2.16. The van der Waals surface area contributed by atoms with E-state index < -0.39 is 5.91 Å². The number of H-pyrrole nitrogens is 1. The first-order valence-electron chi connectivity index (χ1n) is 7.05. The van der Waals surface area contributed by atoms with E-state index in [0.29, 0.717) is 16.3 Å². The number of hydrogen-bond acceptors (Lipinski definition) is 4. The number of benzene rings is 2. The summed E-state index contributed by atoms with van der Waals surface area (Å²) in [7, 11) is 0. The molecule has 1 amide bonds.